The maximum atomic E-state index is 12.7. The van der Waals surface area contributed by atoms with E-state index in [0.29, 0.717) is 10.8 Å². The van der Waals surface area contributed by atoms with E-state index in [1.165, 1.54) is 17.0 Å². The number of sulfonamides is 1. The zero-order chi connectivity index (χ0) is 19.3. The van der Waals surface area contributed by atoms with Gasteiger partial charge in [-0.3, -0.25) is 4.79 Å². The van der Waals surface area contributed by atoms with Crippen molar-refractivity contribution in [3.63, 3.8) is 0 Å². The summed E-state index contributed by atoms with van der Waals surface area (Å²) in [6, 6.07) is 11.1. The van der Waals surface area contributed by atoms with Gasteiger partial charge in [0.2, 0.25) is 10.0 Å². The van der Waals surface area contributed by atoms with Crippen LogP contribution in [-0.4, -0.2) is 39.9 Å². The lowest BCUT2D eigenvalue weighted by molar-refractivity contribution is 0.0784. The van der Waals surface area contributed by atoms with Crippen LogP contribution in [-0.2, 0) is 16.6 Å². The minimum atomic E-state index is -3.63. The fraction of sp³-hybridized carbons (Fsp3) is 0.278. The summed E-state index contributed by atoms with van der Waals surface area (Å²) in [6.07, 6.45) is 0. The van der Waals surface area contributed by atoms with Gasteiger partial charge in [0.15, 0.2) is 0 Å². The standard InChI is InChI=1S/C18H21ClN2O4S/c1-4-20-26(23,24)16-7-5-6-13(11-16)18(22)21(2)12-14-10-15(19)8-9-17(14)25-3/h5-11,20H,4,12H2,1-3H3. The van der Waals surface area contributed by atoms with Gasteiger partial charge < -0.3 is 9.64 Å². The molecule has 0 spiro atoms. The third-order valence-electron chi connectivity index (χ3n) is 3.72. The molecule has 2 aromatic rings. The molecule has 0 aliphatic carbocycles. The second kappa shape index (κ2) is 8.53. The molecule has 0 aliphatic rings. The average molecular weight is 397 g/mol. The highest BCUT2D eigenvalue weighted by molar-refractivity contribution is 7.89. The van der Waals surface area contributed by atoms with E-state index in [0.717, 1.165) is 5.56 Å². The third-order valence-corrected chi connectivity index (χ3v) is 5.50. The van der Waals surface area contributed by atoms with Gasteiger partial charge in [-0.05, 0) is 36.4 Å². The normalized spacial score (nSPS) is 11.2. The van der Waals surface area contributed by atoms with Gasteiger partial charge in [0.25, 0.3) is 5.91 Å². The fourth-order valence-corrected chi connectivity index (χ4v) is 3.77. The first-order valence-electron chi connectivity index (χ1n) is 7.96. The molecular weight excluding hydrogens is 376 g/mol. The van der Waals surface area contributed by atoms with E-state index in [1.54, 1.807) is 51.4 Å². The average Bonchev–Trinajstić information content (AvgIpc) is 2.61. The van der Waals surface area contributed by atoms with Crippen molar-refractivity contribution in [1.82, 2.24) is 9.62 Å². The highest BCUT2D eigenvalue weighted by Crippen LogP contribution is 2.24. The maximum Gasteiger partial charge on any atom is 0.253 e. The maximum absolute atomic E-state index is 12.7. The summed E-state index contributed by atoms with van der Waals surface area (Å²) in [5.74, 6) is 0.318. The molecule has 0 bridgehead atoms. The minimum absolute atomic E-state index is 0.0546. The molecule has 2 rings (SSSR count). The molecule has 0 unspecified atom stereocenters. The predicted molar refractivity (Wildman–Crippen MR) is 101 cm³/mol. The van der Waals surface area contributed by atoms with Gasteiger partial charge in [-0.15, -0.1) is 0 Å². The number of nitrogens with one attached hydrogen (secondary N) is 1. The van der Waals surface area contributed by atoms with Crippen LogP contribution in [0.1, 0.15) is 22.8 Å². The fourth-order valence-electron chi connectivity index (χ4n) is 2.49. The van der Waals surface area contributed by atoms with Crippen molar-refractivity contribution in [2.75, 3.05) is 20.7 Å². The summed E-state index contributed by atoms with van der Waals surface area (Å²) in [5.41, 5.74) is 1.04. The number of carbonyl (C=O) groups excluding carboxylic acids is 1. The van der Waals surface area contributed by atoms with Gasteiger partial charge in [-0.1, -0.05) is 24.6 Å². The van der Waals surface area contributed by atoms with Crippen LogP contribution in [0.5, 0.6) is 5.75 Å². The summed E-state index contributed by atoms with van der Waals surface area (Å²) in [6.45, 7) is 2.24. The molecule has 1 N–H and O–H groups in total. The first-order valence-corrected chi connectivity index (χ1v) is 9.82. The number of nitrogens with zero attached hydrogens (tertiary/aromatic N) is 1. The summed E-state index contributed by atoms with van der Waals surface area (Å²) < 4.78 is 31.9. The number of carbonyl (C=O) groups is 1. The number of hydrogen-bond acceptors (Lipinski definition) is 4. The number of methoxy groups -OCH3 is 1. The van der Waals surface area contributed by atoms with E-state index in [2.05, 4.69) is 4.72 Å². The summed E-state index contributed by atoms with van der Waals surface area (Å²) >= 11 is 6.02. The zero-order valence-electron chi connectivity index (χ0n) is 14.8. The Labute approximate surface area is 158 Å². The minimum Gasteiger partial charge on any atom is -0.496 e. The second-order valence-electron chi connectivity index (χ2n) is 5.65. The summed E-state index contributed by atoms with van der Waals surface area (Å²) in [4.78, 5) is 14.2. The molecule has 0 heterocycles. The van der Waals surface area contributed by atoms with Gasteiger partial charge in [-0.2, -0.15) is 0 Å². The van der Waals surface area contributed by atoms with Gasteiger partial charge >= 0.3 is 0 Å². The van der Waals surface area contributed by atoms with E-state index in [-0.39, 0.29) is 29.5 Å². The summed E-state index contributed by atoms with van der Waals surface area (Å²) in [5, 5.41) is 0.542. The number of halogens is 1. The predicted octanol–water partition coefficient (Wildman–Crippen LogP) is 2.92. The molecule has 0 aromatic heterocycles. The molecule has 0 aliphatic heterocycles. The number of hydrogen-bond donors (Lipinski definition) is 1. The third kappa shape index (κ3) is 4.75. The van der Waals surface area contributed by atoms with E-state index in [9.17, 15) is 13.2 Å². The van der Waals surface area contributed by atoms with Crippen molar-refractivity contribution < 1.29 is 17.9 Å². The van der Waals surface area contributed by atoms with Crippen molar-refractivity contribution in [3.8, 4) is 5.75 Å². The number of rotatable bonds is 7. The molecule has 0 saturated heterocycles. The monoisotopic (exact) mass is 396 g/mol. The van der Waals surface area contributed by atoms with Crippen LogP contribution in [0.15, 0.2) is 47.4 Å². The number of benzene rings is 2. The molecule has 8 heteroatoms. The van der Waals surface area contributed by atoms with Crippen LogP contribution >= 0.6 is 11.6 Å². The van der Waals surface area contributed by atoms with Crippen LogP contribution in [0.25, 0.3) is 0 Å². The Morgan fingerprint density at radius 1 is 1.23 bits per heavy atom. The second-order valence-corrected chi connectivity index (χ2v) is 7.85. The lowest BCUT2D eigenvalue weighted by Crippen LogP contribution is -2.27. The molecule has 0 fully saturated rings. The molecule has 2 aromatic carbocycles. The van der Waals surface area contributed by atoms with Crippen molar-refractivity contribution in [3.05, 3.63) is 58.6 Å². The first kappa shape index (κ1) is 20.2. The Morgan fingerprint density at radius 3 is 2.62 bits per heavy atom. The Kier molecular flexibility index (Phi) is 6.63. The summed E-state index contributed by atoms with van der Waals surface area (Å²) in [7, 11) is -0.447. The van der Waals surface area contributed by atoms with Crippen LogP contribution in [0, 0.1) is 0 Å². The molecule has 6 nitrogen and oxygen atoms in total. The van der Waals surface area contributed by atoms with E-state index >= 15 is 0 Å². The Bertz CT molecular complexity index is 900. The molecule has 0 radical (unpaired) electrons. The Morgan fingerprint density at radius 2 is 1.96 bits per heavy atom. The van der Waals surface area contributed by atoms with E-state index in [4.69, 9.17) is 16.3 Å². The van der Waals surface area contributed by atoms with Crippen molar-refractivity contribution in [1.29, 1.82) is 0 Å². The quantitative estimate of drug-likeness (QED) is 0.780. The largest absolute Gasteiger partial charge is 0.496 e. The molecule has 140 valence electrons. The molecule has 0 atom stereocenters. The van der Waals surface area contributed by atoms with Crippen molar-refractivity contribution in [2.45, 2.75) is 18.4 Å². The van der Waals surface area contributed by atoms with Crippen LogP contribution in [0.2, 0.25) is 5.02 Å². The van der Waals surface area contributed by atoms with Gasteiger partial charge in [0.1, 0.15) is 5.75 Å². The van der Waals surface area contributed by atoms with Crippen molar-refractivity contribution >= 4 is 27.5 Å². The molecule has 0 saturated carbocycles. The van der Waals surface area contributed by atoms with Gasteiger partial charge in [-0.25, -0.2) is 13.1 Å². The van der Waals surface area contributed by atoms with Crippen LogP contribution in [0.3, 0.4) is 0 Å². The van der Waals surface area contributed by atoms with Gasteiger partial charge in [0.05, 0.1) is 12.0 Å². The molecular formula is C18H21ClN2O4S. The van der Waals surface area contributed by atoms with Crippen molar-refractivity contribution in [2.24, 2.45) is 0 Å². The zero-order valence-corrected chi connectivity index (χ0v) is 16.4. The topological polar surface area (TPSA) is 75.7 Å². The lowest BCUT2D eigenvalue weighted by Gasteiger charge is -2.19. The highest BCUT2D eigenvalue weighted by atomic mass is 35.5. The lowest BCUT2D eigenvalue weighted by atomic mass is 10.1. The number of amides is 1. The van der Waals surface area contributed by atoms with E-state index < -0.39 is 10.0 Å². The number of ether oxygens (including phenoxy) is 1. The Balaban J connectivity index is 2.25. The molecule has 1 amide bonds. The van der Waals surface area contributed by atoms with Gasteiger partial charge in [0, 0.05) is 36.3 Å². The Hall–Kier alpha value is -2.09. The first-order chi connectivity index (χ1) is 12.3. The molecule has 26 heavy (non-hydrogen) atoms. The van der Waals surface area contributed by atoms with E-state index in [1.807, 2.05) is 0 Å². The highest BCUT2D eigenvalue weighted by Gasteiger charge is 2.18. The van der Waals surface area contributed by atoms with Crippen LogP contribution < -0.4 is 9.46 Å². The smallest absolute Gasteiger partial charge is 0.253 e. The van der Waals surface area contributed by atoms with Crippen LogP contribution in [0.4, 0.5) is 0 Å². The SMILES string of the molecule is CCNS(=O)(=O)c1cccc(C(=O)N(C)Cc2cc(Cl)ccc2OC)c1.